The Morgan fingerprint density at radius 2 is 2.10 bits per heavy atom. The smallest absolute Gasteiger partial charge is 0.242 e. The van der Waals surface area contributed by atoms with Gasteiger partial charge in [0.2, 0.25) is 10.0 Å². The number of sulfonamides is 1. The van der Waals surface area contributed by atoms with Crippen molar-refractivity contribution in [3.8, 4) is 11.8 Å². The molecule has 0 aliphatic heterocycles. The molecule has 2 aromatic rings. The van der Waals surface area contributed by atoms with Crippen LogP contribution >= 0.6 is 0 Å². The first kappa shape index (κ1) is 15.3. The molecule has 0 radical (unpaired) electrons. The van der Waals surface area contributed by atoms with Crippen LogP contribution in [0.3, 0.4) is 0 Å². The number of nitrogens with one attached hydrogen (secondary N) is 1. The summed E-state index contributed by atoms with van der Waals surface area (Å²) in [5, 5.41) is 12.8. The van der Waals surface area contributed by atoms with Crippen LogP contribution < -0.4 is 4.72 Å². The number of aromatic nitrogens is 2. The fraction of sp³-hybridized carbons (Fsp3) is 0.214. The number of hydrogen-bond acceptors (Lipinski definition) is 4. The normalized spacial score (nSPS) is 11.0. The molecule has 0 bridgehead atoms. The Morgan fingerprint density at radius 3 is 2.76 bits per heavy atom. The lowest BCUT2D eigenvalue weighted by atomic mass is 10.2. The van der Waals surface area contributed by atoms with E-state index in [-0.39, 0.29) is 18.0 Å². The van der Waals surface area contributed by atoms with E-state index in [2.05, 4.69) is 21.7 Å². The number of aryl methyl sites for hydroxylation is 1. The molecule has 0 atom stereocenters. The van der Waals surface area contributed by atoms with Crippen molar-refractivity contribution in [1.82, 2.24) is 14.5 Å². The minimum Gasteiger partial charge on any atom is -0.384 e. The summed E-state index contributed by atoms with van der Waals surface area (Å²) in [7, 11) is -1.93. The van der Waals surface area contributed by atoms with Crippen LogP contribution in [-0.2, 0) is 23.6 Å². The third kappa shape index (κ3) is 3.92. The maximum atomic E-state index is 12.3. The molecule has 2 rings (SSSR count). The van der Waals surface area contributed by atoms with Crippen molar-refractivity contribution in [2.75, 3.05) is 6.61 Å². The Balaban J connectivity index is 2.23. The molecule has 1 aromatic carbocycles. The molecule has 0 aliphatic rings. The van der Waals surface area contributed by atoms with E-state index in [1.165, 1.54) is 6.07 Å². The fourth-order valence-corrected chi connectivity index (χ4v) is 2.90. The number of hydrogen-bond donors (Lipinski definition) is 2. The lowest BCUT2D eigenvalue weighted by molar-refractivity contribution is 0.350. The summed E-state index contributed by atoms with van der Waals surface area (Å²) in [6.45, 7) is -0.222. The highest BCUT2D eigenvalue weighted by Gasteiger charge is 2.17. The summed E-state index contributed by atoms with van der Waals surface area (Å²) in [5.74, 6) is 5.08. The van der Waals surface area contributed by atoms with Gasteiger partial charge in [-0.3, -0.25) is 4.68 Å². The molecule has 6 nitrogen and oxygen atoms in total. The van der Waals surface area contributed by atoms with Gasteiger partial charge in [0.15, 0.2) is 0 Å². The Labute approximate surface area is 123 Å². The van der Waals surface area contributed by atoms with Gasteiger partial charge in [-0.05, 0) is 18.2 Å². The molecule has 1 heterocycles. The van der Waals surface area contributed by atoms with Crippen LogP contribution in [0.25, 0.3) is 0 Å². The minimum atomic E-state index is -3.69. The molecule has 0 saturated carbocycles. The first-order valence-electron chi connectivity index (χ1n) is 6.20. The van der Waals surface area contributed by atoms with E-state index < -0.39 is 10.0 Å². The molecule has 21 heavy (non-hydrogen) atoms. The summed E-state index contributed by atoms with van der Waals surface area (Å²) in [4.78, 5) is 0.0851. The van der Waals surface area contributed by atoms with Crippen molar-refractivity contribution in [3.63, 3.8) is 0 Å². The molecule has 1 aromatic heterocycles. The highest BCUT2D eigenvalue weighted by atomic mass is 32.2. The average Bonchev–Trinajstić information content (AvgIpc) is 2.89. The topological polar surface area (TPSA) is 84.2 Å². The van der Waals surface area contributed by atoms with Crippen molar-refractivity contribution in [2.24, 2.45) is 7.05 Å². The van der Waals surface area contributed by atoms with Crippen molar-refractivity contribution in [3.05, 3.63) is 47.8 Å². The molecule has 110 valence electrons. The lowest BCUT2D eigenvalue weighted by Gasteiger charge is -2.07. The predicted octanol–water partition coefficient (Wildman–Crippen LogP) is 0.242. The van der Waals surface area contributed by atoms with Crippen LogP contribution in [0.2, 0.25) is 0 Å². The zero-order chi connectivity index (χ0) is 15.3. The summed E-state index contributed by atoms with van der Waals surface area (Å²) < 4.78 is 28.7. The van der Waals surface area contributed by atoms with Gasteiger partial charge < -0.3 is 5.11 Å². The summed E-state index contributed by atoms with van der Waals surface area (Å²) >= 11 is 0. The van der Waals surface area contributed by atoms with Crippen LogP contribution in [0.5, 0.6) is 0 Å². The Morgan fingerprint density at radius 1 is 1.33 bits per heavy atom. The molecule has 0 saturated heterocycles. The maximum Gasteiger partial charge on any atom is 0.242 e. The van der Waals surface area contributed by atoms with Crippen LogP contribution in [0, 0.1) is 11.8 Å². The highest BCUT2D eigenvalue weighted by molar-refractivity contribution is 7.89. The van der Waals surface area contributed by atoms with Gasteiger partial charge in [0.1, 0.15) is 6.61 Å². The standard InChI is InChI=1S/C14H15N3O3S/c1-17-9-8-13(16-17)11-15-21(19,20)14-7-3-2-5-12(14)6-4-10-18/h2-3,5,7-9,15,18H,10-11H2,1H3. The van der Waals surface area contributed by atoms with E-state index in [4.69, 9.17) is 5.11 Å². The predicted molar refractivity (Wildman–Crippen MR) is 77.6 cm³/mol. The van der Waals surface area contributed by atoms with Gasteiger partial charge in [-0.2, -0.15) is 5.10 Å². The van der Waals surface area contributed by atoms with Gasteiger partial charge >= 0.3 is 0 Å². The molecule has 0 spiro atoms. The SMILES string of the molecule is Cn1ccc(CNS(=O)(=O)c2ccccc2C#CCO)n1. The zero-order valence-corrected chi connectivity index (χ0v) is 12.3. The zero-order valence-electron chi connectivity index (χ0n) is 11.4. The third-order valence-corrected chi connectivity index (χ3v) is 4.15. The van der Waals surface area contributed by atoms with E-state index in [9.17, 15) is 8.42 Å². The van der Waals surface area contributed by atoms with E-state index in [0.29, 0.717) is 11.3 Å². The molecule has 2 N–H and O–H groups in total. The molecule has 7 heteroatoms. The van der Waals surface area contributed by atoms with Gasteiger partial charge in [-0.25, -0.2) is 13.1 Å². The van der Waals surface area contributed by atoms with Gasteiger partial charge in [0, 0.05) is 18.8 Å². The third-order valence-electron chi connectivity index (χ3n) is 2.69. The maximum absolute atomic E-state index is 12.3. The Kier molecular flexibility index (Phi) is 4.75. The Bertz CT molecular complexity index is 785. The van der Waals surface area contributed by atoms with E-state index >= 15 is 0 Å². The van der Waals surface area contributed by atoms with Crippen molar-refractivity contribution in [2.45, 2.75) is 11.4 Å². The number of aliphatic hydroxyl groups is 1. The van der Waals surface area contributed by atoms with Gasteiger partial charge in [0.05, 0.1) is 17.1 Å². The monoisotopic (exact) mass is 305 g/mol. The lowest BCUT2D eigenvalue weighted by Crippen LogP contribution is -2.24. The quantitative estimate of drug-likeness (QED) is 0.793. The second-order valence-corrected chi connectivity index (χ2v) is 6.00. The number of rotatable bonds is 4. The second-order valence-electron chi connectivity index (χ2n) is 4.26. The van der Waals surface area contributed by atoms with E-state index in [1.54, 1.807) is 42.2 Å². The largest absolute Gasteiger partial charge is 0.384 e. The Hall–Kier alpha value is -2.14. The molecule has 0 aliphatic carbocycles. The molecular weight excluding hydrogens is 290 g/mol. The fourth-order valence-electron chi connectivity index (χ4n) is 1.74. The second kappa shape index (κ2) is 6.54. The summed E-state index contributed by atoms with van der Waals surface area (Å²) in [5.41, 5.74) is 0.972. The number of nitrogens with zero attached hydrogens (tertiary/aromatic N) is 2. The van der Waals surface area contributed by atoms with Gasteiger partial charge in [0.25, 0.3) is 0 Å². The van der Waals surface area contributed by atoms with E-state index in [0.717, 1.165) is 0 Å². The first-order valence-corrected chi connectivity index (χ1v) is 7.68. The van der Waals surface area contributed by atoms with Crippen molar-refractivity contribution in [1.29, 1.82) is 0 Å². The highest BCUT2D eigenvalue weighted by Crippen LogP contribution is 2.14. The van der Waals surface area contributed by atoms with Crippen LogP contribution in [0.4, 0.5) is 0 Å². The average molecular weight is 305 g/mol. The molecule has 0 amide bonds. The van der Waals surface area contributed by atoms with Gasteiger partial charge in [-0.1, -0.05) is 24.0 Å². The van der Waals surface area contributed by atoms with Crippen molar-refractivity contribution >= 4 is 10.0 Å². The molecular formula is C14H15N3O3S. The van der Waals surface area contributed by atoms with Crippen LogP contribution in [0.1, 0.15) is 11.3 Å². The summed E-state index contributed by atoms with van der Waals surface area (Å²) in [6, 6.07) is 8.12. The first-order chi connectivity index (χ1) is 10.0. The van der Waals surface area contributed by atoms with Crippen molar-refractivity contribution < 1.29 is 13.5 Å². The number of aliphatic hydroxyl groups excluding tert-OH is 1. The summed E-state index contributed by atoms with van der Waals surface area (Å²) in [6.07, 6.45) is 1.74. The minimum absolute atomic E-state index is 0.0851. The molecule has 0 unspecified atom stereocenters. The van der Waals surface area contributed by atoms with Crippen LogP contribution in [0.15, 0.2) is 41.4 Å². The molecule has 0 fully saturated rings. The van der Waals surface area contributed by atoms with Gasteiger partial charge in [-0.15, -0.1) is 0 Å². The van der Waals surface area contributed by atoms with Crippen LogP contribution in [-0.4, -0.2) is 29.9 Å². The number of benzene rings is 1. The van der Waals surface area contributed by atoms with E-state index in [1.807, 2.05) is 0 Å².